The first-order valence-electron chi connectivity index (χ1n) is 4.22. The SMILES string of the molecule is OC1CC/C=C\CCCC1. The maximum Gasteiger partial charge on any atom is 0.0543 e. The summed E-state index contributed by atoms with van der Waals surface area (Å²) in [6.45, 7) is 0. The Labute approximate surface area is 62.8 Å². The van der Waals surface area contributed by atoms with Crippen LogP contribution in [0.4, 0.5) is 0 Å². The second-order valence-corrected chi connectivity index (χ2v) is 2.99. The van der Waals surface area contributed by atoms with Gasteiger partial charge in [-0.1, -0.05) is 18.6 Å². The van der Waals surface area contributed by atoms with Crippen LogP contribution in [0.25, 0.3) is 0 Å². The molecule has 1 atom stereocenters. The van der Waals surface area contributed by atoms with Gasteiger partial charge in [-0.25, -0.2) is 0 Å². The van der Waals surface area contributed by atoms with Crippen LogP contribution >= 0.6 is 0 Å². The van der Waals surface area contributed by atoms with E-state index in [0.29, 0.717) is 0 Å². The minimum Gasteiger partial charge on any atom is -0.393 e. The molecular formula is C9H16O. The van der Waals surface area contributed by atoms with Gasteiger partial charge in [0, 0.05) is 0 Å². The van der Waals surface area contributed by atoms with Gasteiger partial charge in [-0.15, -0.1) is 0 Å². The predicted octanol–water partition coefficient (Wildman–Crippen LogP) is 2.26. The fraction of sp³-hybridized carbons (Fsp3) is 0.778. The Morgan fingerprint density at radius 2 is 1.80 bits per heavy atom. The summed E-state index contributed by atoms with van der Waals surface area (Å²) >= 11 is 0. The molecule has 1 unspecified atom stereocenters. The molecule has 0 heterocycles. The average Bonchev–Trinajstić information content (AvgIpc) is 2.02. The van der Waals surface area contributed by atoms with Gasteiger partial charge in [0.05, 0.1) is 6.10 Å². The Morgan fingerprint density at radius 1 is 1.00 bits per heavy atom. The van der Waals surface area contributed by atoms with Crippen molar-refractivity contribution in [1.29, 1.82) is 0 Å². The molecule has 0 spiro atoms. The Kier molecular flexibility index (Phi) is 3.52. The molecule has 0 radical (unpaired) electrons. The maximum absolute atomic E-state index is 9.31. The lowest BCUT2D eigenvalue weighted by Gasteiger charge is -2.05. The minimum absolute atomic E-state index is 0.0391. The van der Waals surface area contributed by atoms with Gasteiger partial charge in [-0.2, -0.15) is 0 Å². The minimum atomic E-state index is -0.0391. The van der Waals surface area contributed by atoms with Gasteiger partial charge in [0.15, 0.2) is 0 Å². The molecule has 0 aliphatic heterocycles. The van der Waals surface area contributed by atoms with Gasteiger partial charge in [0.25, 0.3) is 0 Å². The Bertz CT molecular complexity index is 107. The topological polar surface area (TPSA) is 20.2 Å². The number of hydrogen-bond acceptors (Lipinski definition) is 1. The Hall–Kier alpha value is -0.300. The molecule has 58 valence electrons. The molecule has 10 heavy (non-hydrogen) atoms. The van der Waals surface area contributed by atoms with Crippen LogP contribution in [0, 0.1) is 0 Å². The first-order valence-corrected chi connectivity index (χ1v) is 4.22. The van der Waals surface area contributed by atoms with Crippen LogP contribution in [-0.4, -0.2) is 11.2 Å². The van der Waals surface area contributed by atoms with E-state index in [9.17, 15) is 5.11 Å². The lowest BCUT2D eigenvalue weighted by atomic mass is 10.1. The molecule has 1 aliphatic carbocycles. The van der Waals surface area contributed by atoms with E-state index in [-0.39, 0.29) is 6.10 Å². The van der Waals surface area contributed by atoms with Gasteiger partial charge < -0.3 is 5.11 Å². The Morgan fingerprint density at radius 3 is 2.70 bits per heavy atom. The summed E-state index contributed by atoms with van der Waals surface area (Å²) in [5.41, 5.74) is 0. The molecule has 1 rings (SSSR count). The van der Waals surface area contributed by atoms with Crippen LogP contribution < -0.4 is 0 Å². The fourth-order valence-corrected chi connectivity index (χ4v) is 1.31. The van der Waals surface area contributed by atoms with Crippen molar-refractivity contribution in [2.24, 2.45) is 0 Å². The summed E-state index contributed by atoms with van der Waals surface area (Å²) in [6.07, 6.45) is 11.0. The van der Waals surface area contributed by atoms with Crippen molar-refractivity contribution in [3.05, 3.63) is 12.2 Å². The molecule has 1 aliphatic rings. The first kappa shape index (κ1) is 7.80. The summed E-state index contributed by atoms with van der Waals surface area (Å²) in [5, 5.41) is 9.31. The van der Waals surface area contributed by atoms with Crippen LogP contribution in [0.3, 0.4) is 0 Å². The quantitative estimate of drug-likeness (QED) is 0.512. The summed E-state index contributed by atoms with van der Waals surface area (Å²) in [4.78, 5) is 0. The number of allylic oxidation sites excluding steroid dienone is 2. The molecule has 1 heteroatoms. The molecule has 0 bridgehead atoms. The van der Waals surface area contributed by atoms with E-state index in [4.69, 9.17) is 0 Å². The molecule has 0 aromatic rings. The summed E-state index contributed by atoms with van der Waals surface area (Å²) < 4.78 is 0. The Balaban J connectivity index is 2.25. The van der Waals surface area contributed by atoms with E-state index in [1.54, 1.807) is 0 Å². The lowest BCUT2D eigenvalue weighted by molar-refractivity contribution is 0.153. The zero-order chi connectivity index (χ0) is 7.23. The zero-order valence-corrected chi connectivity index (χ0v) is 6.42. The van der Waals surface area contributed by atoms with E-state index < -0.39 is 0 Å². The predicted molar refractivity (Wildman–Crippen MR) is 42.8 cm³/mol. The fourth-order valence-electron chi connectivity index (χ4n) is 1.31. The van der Waals surface area contributed by atoms with Crippen molar-refractivity contribution >= 4 is 0 Å². The molecular weight excluding hydrogens is 124 g/mol. The van der Waals surface area contributed by atoms with Gasteiger partial charge in [-0.05, 0) is 32.1 Å². The van der Waals surface area contributed by atoms with Gasteiger partial charge in [0.1, 0.15) is 0 Å². The maximum atomic E-state index is 9.31. The third-order valence-electron chi connectivity index (χ3n) is 1.99. The van der Waals surface area contributed by atoms with E-state index in [1.165, 1.54) is 19.3 Å². The average molecular weight is 140 g/mol. The van der Waals surface area contributed by atoms with Crippen molar-refractivity contribution in [3.63, 3.8) is 0 Å². The highest BCUT2D eigenvalue weighted by atomic mass is 16.3. The number of aliphatic hydroxyl groups excluding tert-OH is 1. The van der Waals surface area contributed by atoms with E-state index in [0.717, 1.165) is 19.3 Å². The van der Waals surface area contributed by atoms with Crippen molar-refractivity contribution < 1.29 is 5.11 Å². The van der Waals surface area contributed by atoms with E-state index >= 15 is 0 Å². The van der Waals surface area contributed by atoms with Gasteiger partial charge in [-0.3, -0.25) is 0 Å². The molecule has 0 aromatic carbocycles. The third kappa shape index (κ3) is 3.02. The highest BCUT2D eigenvalue weighted by molar-refractivity contribution is 4.83. The van der Waals surface area contributed by atoms with E-state index in [2.05, 4.69) is 12.2 Å². The molecule has 0 aromatic heterocycles. The molecule has 0 saturated heterocycles. The van der Waals surface area contributed by atoms with Crippen molar-refractivity contribution in [1.82, 2.24) is 0 Å². The van der Waals surface area contributed by atoms with Gasteiger partial charge >= 0.3 is 0 Å². The standard InChI is InChI=1S/C9H16O/c10-9-7-5-3-1-2-4-6-8-9/h1,3,9-10H,2,4-8H2/b3-1-. The smallest absolute Gasteiger partial charge is 0.0543 e. The molecule has 0 saturated carbocycles. The third-order valence-corrected chi connectivity index (χ3v) is 1.99. The highest BCUT2D eigenvalue weighted by Gasteiger charge is 2.02. The zero-order valence-electron chi connectivity index (χ0n) is 6.42. The number of aliphatic hydroxyl groups is 1. The first-order chi connectivity index (χ1) is 4.89. The van der Waals surface area contributed by atoms with Gasteiger partial charge in [0.2, 0.25) is 0 Å². The molecule has 1 nitrogen and oxygen atoms in total. The van der Waals surface area contributed by atoms with E-state index in [1.807, 2.05) is 0 Å². The normalized spacial score (nSPS) is 31.9. The second kappa shape index (κ2) is 4.51. The number of hydrogen-bond donors (Lipinski definition) is 1. The highest BCUT2D eigenvalue weighted by Crippen LogP contribution is 2.11. The van der Waals surface area contributed by atoms with Crippen molar-refractivity contribution in [3.8, 4) is 0 Å². The van der Waals surface area contributed by atoms with Crippen LogP contribution in [0.2, 0.25) is 0 Å². The molecule has 1 N–H and O–H groups in total. The second-order valence-electron chi connectivity index (χ2n) is 2.99. The lowest BCUT2D eigenvalue weighted by Crippen LogP contribution is -2.04. The summed E-state index contributed by atoms with van der Waals surface area (Å²) in [5.74, 6) is 0. The summed E-state index contributed by atoms with van der Waals surface area (Å²) in [6, 6.07) is 0. The van der Waals surface area contributed by atoms with Crippen LogP contribution in [-0.2, 0) is 0 Å². The molecule has 0 fully saturated rings. The van der Waals surface area contributed by atoms with Crippen LogP contribution in [0.5, 0.6) is 0 Å². The largest absolute Gasteiger partial charge is 0.393 e. The molecule has 0 amide bonds. The van der Waals surface area contributed by atoms with Crippen molar-refractivity contribution in [2.45, 2.75) is 44.6 Å². The van der Waals surface area contributed by atoms with Crippen LogP contribution in [0.1, 0.15) is 38.5 Å². The summed E-state index contributed by atoms with van der Waals surface area (Å²) in [7, 11) is 0. The monoisotopic (exact) mass is 140 g/mol. The number of rotatable bonds is 0. The van der Waals surface area contributed by atoms with Crippen molar-refractivity contribution in [2.75, 3.05) is 0 Å². The van der Waals surface area contributed by atoms with Crippen LogP contribution in [0.15, 0.2) is 12.2 Å².